The summed E-state index contributed by atoms with van der Waals surface area (Å²) in [4.78, 5) is 12.7. The molecule has 74 valence electrons. The van der Waals surface area contributed by atoms with Crippen molar-refractivity contribution in [2.75, 3.05) is 12.4 Å². The van der Waals surface area contributed by atoms with E-state index in [4.69, 9.17) is 22.4 Å². The van der Waals surface area contributed by atoms with E-state index in [0.717, 1.165) is 0 Å². The highest BCUT2D eigenvalue weighted by atomic mass is 35.5. The number of hydrogen-bond donors (Lipinski definition) is 0. The first-order chi connectivity index (χ1) is 6.77. The molecule has 4 heteroatoms. The molecule has 1 aromatic heterocycles. The van der Waals surface area contributed by atoms with Gasteiger partial charge in [0.05, 0.1) is 19.4 Å². The summed E-state index contributed by atoms with van der Waals surface area (Å²) in [7, 11) is 0. The Balaban J connectivity index is 2.61. The molecular weight excluding hydrogens is 202 g/mol. The van der Waals surface area contributed by atoms with Gasteiger partial charge in [0.2, 0.25) is 5.91 Å². The van der Waals surface area contributed by atoms with Crippen molar-refractivity contribution in [3.05, 3.63) is 24.2 Å². The molecule has 0 unspecified atom stereocenters. The van der Waals surface area contributed by atoms with Crippen LogP contribution in [0.3, 0.4) is 0 Å². The van der Waals surface area contributed by atoms with Gasteiger partial charge in [-0.25, -0.2) is 0 Å². The molecule has 0 aliphatic carbocycles. The van der Waals surface area contributed by atoms with Crippen LogP contribution in [0.15, 0.2) is 22.8 Å². The van der Waals surface area contributed by atoms with Gasteiger partial charge >= 0.3 is 0 Å². The predicted molar refractivity (Wildman–Crippen MR) is 53.7 cm³/mol. The lowest BCUT2D eigenvalue weighted by Gasteiger charge is -2.17. The van der Waals surface area contributed by atoms with Crippen LogP contribution in [0.25, 0.3) is 0 Å². The summed E-state index contributed by atoms with van der Waals surface area (Å²) in [5.74, 6) is 2.83. The summed E-state index contributed by atoms with van der Waals surface area (Å²) in [5, 5.41) is 0. The van der Waals surface area contributed by atoms with Gasteiger partial charge in [0.15, 0.2) is 0 Å². The Labute approximate surface area is 87.6 Å². The SMILES string of the molecule is C#CCN(Cc1ccco1)C(=O)CCl. The highest BCUT2D eigenvalue weighted by Crippen LogP contribution is 2.05. The first-order valence-corrected chi connectivity index (χ1v) is 4.61. The summed E-state index contributed by atoms with van der Waals surface area (Å²) in [5.41, 5.74) is 0. The van der Waals surface area contributed by atoms with Crippen LogP contribution in [-0.4, -0.2) is 23.2 Å². The summed E-state index contributed by atoms with van der Waals surface area (Å²) in [6, 6.07) is 3.54. The Morgan fingerprint density at radius 3 is 3.00 bits per heavy atom. The van der Waals surface area contributed by atoms with E-state index in [9.17, 15) is 4.79 Å². The second-order valence-corrected chi connectivity index (χ2v) is 2.93. The minimum Gasteiger partial charge on any atom is -0.467 e. The number of rotatable bonds is 4. The van der Waals surface area contributed by atoms with Gasteiger partial charge in [-0.15, -0.1) is 18.0 Å². The molecular formula is C10H10ClNO2. The van der Waals surface area contributed by atoms with Crippen LogP contribution in [-0.2, 0) is 11.3 Å². The molecule has 0 bridgehead atoms. The molecule has 0 aliphatic rings. The van der Waals surface area contributed by atoms with Gasteiger partial charge in [0, 0.05) is 0 Å². The second kappa shape index (κ2) is 5.36. The maximum Gasteiger partial charge on any atom is 0.238 e. The van der Waals surface area contributed by atoms with Crippen LogP contribution >= 0.6 is 11.6 Å². The van der Waals surface area contributed by atoms with Crippen molar-refractivity contribution < 1.29 is 9.21 Å². The van der Waals surface area contributed by atoms with Gasteiger partial charge < -0.3 is 9.32 Å². The van der Waals surface area contributed by atoms with E-state index in [1.807, 2.05) is 0 Å². The molecule has 3 nitrogen and oxygen atoms in total. The van der Waals surface area contributed by atoms with E-state index >= 15 is 0 Å². The fraction of sp³-hybridized carbons (Fsp3) is 0.300. The molecule has 0 fully saturated rings. The number of alkyl halides is 1. The molecule has 0 saturated heterocycles. The topological polar surface area (TPSA) is 33.5 Å². The fourth-order valence-corrected chi connectivity index (χ4v) is 1.19. The van der Waals surface area contributed by atoms with E-state index < -0.39 is 0 Å². The summed E-state index contributed by atoms with van der Waals surface area (Å²) >= 11 is 5.43. The normalized spacial score (nSPS) is 9.43. The Morgan fingerprint density at radius 2 is 2.50 bits per heavy atom. The Kier molecular flexibility index (Phi) is 4.09. The van der Waals surface area contributed by atoms with Crippen molar-refractivity contribution >= 4 is 17.5 Å². The Morgan fingerprint density at radius 1 is 1.71 bits per heavy atom. The molecule has 0 atom stereocenters. The lowest BCUT2D eigenvalue weighted by atomic mass is 10.4. The molecule has 0 radical (unpaired) electrons. The molecule has 0 saturated carbocycles. The Bertz CT molecular complexity index is 326. The predicted octanol–water partition coefficient (Wildman–Crippen LogP) is 1.48. The average molecular weight is 212 g/mol. The highest BCUT2D eigenvalue weighted by molar-refractivity contribution is 6.27. The first-order valence-electron chi connectivity index (χ1n) is 4.07. The fourth-order valence-electron chi connectivity index (χ4n) is 1.02. The van der Waals surface area contributed by atoms with Crippen molar-refractivity contribution in [3.8, 4) is 12.3 Å². The smallest absolute Gasteiger partial charge is 0.238 e. The standard InChI is InChI=1S/C10H10ClNO2/c1-2-5-12(10(13)7-11)8-9-4-3-6-14-9/h1,3-4,6H,5,7-8H2. The van der Waals surface area contributed by atoms with Gasteiger partial charge in [0.1, 0.15) is 11.6 Å². The highest BCUT2D eigenvalue weighted by Gasteiger charge is 2.12. The maximum absolute atomic E-state index is 11.3. The number of halogens is 1. The first kappa shape index (κ1) is 10.7. The van der Waals surface area contributed by atoms with E-state index in [1.165, 1.54) is 4.90 Å². The van der Waals surface area contributed by atoms with E-state index in [1.54, 1.807) is 18.4 Å². The average Bonchev–Trinajstić information content (AvgIpc) is 2.68. The van der Waals surface area contributed by atoms with Crippen LogP contribution in [0, 0.1) is 12.3 Å². The van der Waals surface area contributed by atoms with E-state index in [-0.39, 0.29) is 18.3 Å². The number of furan rings is 1. The quantitative estimate of drug-likeness (QED) is 0.559. The van der Waals surface area contributed by atoms with Gasteiger partial charge in [-0.05, 0) is 12.1 Å². The lowest BCUT2D eigenvalue weighted by Crippen LogP contribution is -2.31. The van der Waals surface area contributed by atoms with Crippen LogP contribution in [0.2, 0.25) is 0 Å². The molecule has 0 aliphatic heterocycles. The monoisotopic (exact) mass is 211 g/mol. The van der Waals surface area contributed by atoms with Gasteiger partial charge in [0.25, 0.3) is 0 Å². The zero-order valence-corrected chi connectivity index (χ0v) is 8.33. The molecule has 1 aromatic rings. The largest absolute Gasteiger partial charge is 0.467 e. The number of nitrogens with zero attached hydrogens (tertiary/aromatic N) is 1. The number of carbonyl (C=O) groups is 1. The van der Waals surface area contributed by atoms with Crippen molar-refractivity contribution in [1.29, 1.82) is 0 Å². The minimum atomic E-state index is -0.194. The summed E-state index contributed by atoms with van der Waals surface area (Å²) in [6.07, 6.45) is 6.68. The van der Waals surface area contributed by atoms with Crippen molar-refractivity contribution in [1.82, 2.24) is 4.90 Å². The molecule has 1 amide bonds. The second-order valence-electron chi connectivity index (χ2n) is 2.67. The molecule has 0 aromatic carbocycles. The summed E-state index contributed by atoms with van der Waals surface area (Å²) < 4.78 is 5.10. The van der Waals surface area contributed by atoms with Crippen molar-refractivity contribution in [2.24, 2.45) is 0 Å². The molecule has 1 rings (SSSR count). The number of terminal acetylenes is 1. The number of amides is 1. The van der Waals surface area contributed by atoms with E-state index in [0.29, 0.717) is 12.3 Å². The molecule has 0 spiro atoms. The van der Waals surface area contributed by atoms with Gasteiger partial charge in [-0.3, -0.25) is 4.79 Å². The van der Waals surface area contributed by atoms with E-state index in [2.05, 4.69) is 5.92 Å². The van der Waals surface area contributed by atoms with Crippen LogP contribution < -0.4 is 0 Å². The van der Waals surface area contributed by atoms with Crippen molar-refractivity contribution in [3.63, 3.8) is 0 Å². The Hall–Kier alpha value is -1.40. The van der Waals surface area contributed by atoms with Gasteiger partial charge in [-0.2, -0.15) is 0 Å². The zero-order chi connectivity index (χ0) is 10.4. The van der Waals surface area contributed by atoms with Crippen molar-refractivity contribution in [2.45, 2.75) is 6.54 Å². The lowest BCUT2D eigenvalue weighted by molar-refractivity contribution is -0.128. The molecule has 14 heavy (non-hydrogen) atoms. The molecule has 0 N–H and O–H groups in total. The minimum absolute atomic E-state index is 0.0671. The third kappa shape index (κ3) is 2.82. The maximum atomic E-state index is 11.3. The number of hydrogen-bond acceptors (Lipinski definition) is 2. The zero-order valence-electron chi connectivity index (χ0n) is 7.57. The summed E-state index contributed by atoms with van der Waals surface area (Å²) in [6.45, 7) is 0.606. The van der Waals surface area contributed by atoms with Crippen LogP contribution in [0.1, 0.15) is 5.76 Å². The number of carbonyl (C=O) groups excluding carboxylic acids is 1. The molecule has 1 heterocycles. The van der Waals surface area contributed by atoms with Gasteiger partial charge in [-0.1, -0.05) is 5.92 Å². The van der Waals surface area contributed by atoms with Crippen LogP contribution in [0.5, 0.6) is 0 Å². The third-order valence-electron chi connectivity index (χ3n) is 1.68. The third-order valence-corrected chi connectivity index (χ3v) is 1.90. The van der Waals surface area contributed by atoms with Crippen LogP contribution in [0.4, 0.5) is 0 Å².